The Labute approximate surface area is 69.0 Å². The molecule has 1 heterocycles. The van der Waals surface area contributed by atoms with Gasteiger partial charge in [-0.25, -0.2) is 4.79 Å². The molecule has 1 N–H and O–H groups in total. The first-order valence-corrected chi connectivity index (χ1v) is 3.95. The fourth-order valence-corrected chi connectivity index (χ4v) is 1.46. The molecule has 1 rings (SSSR count). The van der Waals surface area contributed by atoms with E-state index in [0.29, 0.717) is 4.88 Å². The summed E-state index contributed by atoms with van der Waals surface area (Å²) >= 11 is 1.38. The Morgan fingerprint density at radius 1 is 1.64 bits per heavy atom. The van der Waals surface area contributed by atoms with Gasteiger partial charge in [0.1, 0.15) is 4.88 Å². The van der Waals surface area contributed by atoms with Crippen LogP contribution in [0.2, 0.25) is 0 Å². The Morgan fingerprint density at radius 2 is 2.36 bits per heavy atom. The lowest BCUT2D eigenvalue weighted by molar-refractivity contribution is 0.0606. The van der Waals surface area contributed by atoms with Crippen LogP contribution < -0.4 is 5.32 Å². The van der Waals surface area contributed by atoms with Crippen molar-refractivity contribution in [1.82, 2.24) is 0 Å². The van der Waals surface area contributed by atoms with Crippen molar-refractivity contribution in [2.45, 2.75) is 0 Å². The summed E-state index contributed by atoms with van der Waals surface area (Å²) < 4.78 is 4.54. The van der Waals surface area contributed by atoms with E-state index in [-0.39, 0.29) is 5.97 Å². The number of hydrogen-bond acceptors (Lipinski definition) is 4. The van der Waals surface area contributed by atoms with Crippen LogP contribution in [0.25, 0.3) is 0 Å². The Hall–Kier alpha value is -1.03. The van der Waals surface area contributed by atoms with Crippen LogP contribution >= 0.6 is 11.3 Å². The first kappa shape index (κ1) is 8.07. The number of nitrogens with one attached hydrogen (secondary N) is 1. The number of methoxy groups -OCH3 is 1. The predicted molar refractivity (Wildman–Crippen MR) is 45.2 cm³/mol. The van der Waals surface area contributed by atoms with Gasteiger partial charge >= 0.3 is 5.97 Å². The third kappa shape index (κ3) is 1.71. The van der Waals surface area contributed by atoms with Gasteiger partial charge in [-0.15, -0.1) is 11.3 Å². The zero-order valence-electron chi connectivity index (χ0n) is 6.38. The van der Waals surface area contributed by atoms with Crippen molar-refractivity contribution in [3.63, 3.8) is 0 Å². The molecule has 1 aromatic rings. The first-order valence-electron chi connectivity index (χ1n) is 3.14. The molecule has 0 radical (unpaired) electrons. The zero-order chi connectivity index (χ0) is 8.27. The molecule has 0 aromatic carbocycles. The summed E-state index contributed by atoms with van der Waals surface area (Å²) in [7, 11) is 3.19. The molecule has 0 saturated heterocycles. The summed E-state index contributed by atoms with van der Waals surface area (Å²) in [6.07, 6.45) is 0. The summed E-state index contributed by atoms with van der Waals surface area (Å²) in [6, 6.07) is 3.58. The number of ether oxygens (including phenoxy) is 1. The van der Waals surface area contributed by atoms with Crippen molar-refractivity contribution in [3.05, 3.63) is 17.0 Å². The summed E-state index contributed by atoms with van der Waals surface area (Å²) in [6.45, 7) is 0. The lowest BCUT2D eigenvalue weighted by Crippen LogP contribution is -1.96. The van der Waals surface area contributed by atoms with E-state index in [2.05, 4.69) is 10.1 Å². The number of carbonyl (C=O) groups excluding carboxylic acids is 1. The van der Waals surface area contributed by atoms with Crippen molar-refractivity contribution < 1.29 is 9.53 Å². The minimum Gasteiger partial charge on any atom is -0.465 e. The van der Waals surface area contributed by atoms with Gasteiger partial charge in [0.25, 0.3) is 0 Å². The third-order valence-corrected chi connectivity index (χ3v) is 2.32. The molecule has 0 saturated carbocycles. The van der Waals surface area contributed by atoms with Crippen LogP contribution in [0.4, 0.5) is 5.00 Å². The number of rotatable bonds is 2. The molecule has 0 aliphatic heterocycles. The maximum Gasteiger partial charge on any atom is 0.348 e. The second kappa shape index (κ2) is 3.39. The van der Waals surface area contributed by atoms with Crippen LogP contribution in [0.3, 0.4) is 0 Å². The topological polar surface area (TPSA) is 38.3 Å². The van der Waals surface area contributed by atoms with E-state index in [4.69, 9.17) is 0 Å². The smallest absolute Gasteiger partial charge is 0.348 e. The van der Waals surface area contributed by atoms with Crippen LogP contribution in [-0.2, 0) is 4.74 Å². The Bertz CT molecular complexity index is 257. The molecular weight excluding hydrogens is 162 g/mol. The van der Waals surface area contributed by atoms with E-state index in [1.165, 1.54) is 18.4 Å². The standard InChI is InChI=1S/C7H9NO2S/c1-8-6-4-3-5(11-6)7(9)10-2/h3-4,8H,1-2H3. The molecule has 3 nitrogen and oxygen atoms in total. The molecule has 0 spiro atoms. The van der Waals surface area contributed by atoms with Gasteiger partial charge in [0.15, 0.2) is 0 Å². The van der Waals surface area contributed by atoms with Crippen molar-refractivity contribution in [2.24, 2.45) is 0 Å². The fraction of sp³-hybridized carbons (Fsp3) is 0.286. The summed E-state index contributed by atoms with van der Waals surface area (Å²) in [5.74, 6) is -0.281. The van der Waals surface area contributed by atoms with Crippen LogP contribution in [0.1, 0.15) is 9.67 Å². The van der Waals surface area contributed by atoms with Crippen molar-refractivity contribution in [2.75, 3.05) is 19.5 Å². The number of thiophene rings is 1. The molecule has 11 heavy (non-hydrogen) atoms. The normalized spacial score (nSPS) is 9.27. The van der Waals surface area contributed by atoms with E-state index in [0.717, 1.165) is 5.00 Å². The van der Waals surface area contributed by atoms with E-state index in [1.54, 1.807) is 6.07 Å². The molecule has 1 aromatic heterocycles. The minimum absolute atomic E-state index is 0.281. The molecule has 0 unspecified atom stereocenters. The SMILES string of the molecule is CNc1ccc(C(=O)OC)s1. The van der Waals surface area contributed by atoms with Crippen LogP contribution in [0.15, 0.2) is 12.1 Å². The van der Waals surface area contributed by atoms with Crippen LogP contribution in [0, 0.1) is 0 Å². The van der Waals surface area contributed by atoms with E-state index < -0.39 is 0 Å². The quantitative estimate of drug-likeness (QED) is 0.686. The molecule has 60 valence electrons. The summed E-state index contributed by atoms with van der Waals surface area (Å²) in [5.41, 5.74) is 0. The maximum atomic E-state index is 10.9. The van der Waals surface area contributed by atoms with Gasteiger partial charge in [-0.3, -0.25) is 0 Å². The first-order chi connectivity index (χ1) is 5.27. The van der Waals surface area contributed by atoms with Gasteiger partial charge in [-0.1, -0.05) is 0 Å². The molecule has 0 aliphatic rings. The lowest BCUT2D eigenvalue weighted by atomic mass is 10.5. The Balaban J connectivity index is 2.80. The van der Waals surface area contributed by atoms with Crippen molar-refractivity contribution >= 4 is 22.3 Å². The number of hydrogen-bond donors (Lipinski definition) is 1. The largest absolute Gasteiger partial charge is 0.465 e. The molecule has 0 aliphatic carbocycles. The highest BCUT2D eigenvalue weighted by molar-refractivity contribution is 7.17. The lowest BCUT2D eigenvalue weighted by Gasteiger charge is -1.92. The van der Waals surface area contributed by atoms with Gasteiger partial charge in [-0.2, -0.15) is 0 Å². The maximum absolute atomic E-state index is 10.9. The van der Waals surface area contributed by atoms with Crippen LogP contribution in [0.5, 0.6) is 0 Å². The predicted octanol–water partition coefficient (Wildman–Crippen LogP) is 1.58. The highest BCUT2D eigenvalue weighted by Crippen LogP contribution is 2.21. The Kier molecular flexibility index (Phi) is 2.48. The van der Waals surface area contributed by atoms with E-state index in [9.17, 15) is 4.79 Å². The monoisotopic (exact) mass is 171 g/mol. The summed E-state index contributed by atoms with van der Waals surface area (Å²) in [4.78, 5) is 11.5. The molecule has 0 fully saturated rings. The third-order valence-electron chi connectivity index (χ3n) is 1.24. The highest BCUT2D eigenvalue weighted by Gasteiger charge is 2.07. The number of anilines is 1. The summed E-state index contributed by atoms with van der Waals surface area (Å²) in [5, 5.41) is 3.90. The molecular formula is C7H9NO2S. The fourth-order valence-electron chi connectivity index (χ4n) is 0.683. The van der Waals surface area contributed by atoms with Gasteiger partial charge < -0.3 is 10.1 Å². The molecule has 0 bridgehead atoms. The number of carbonyl (C=O) groups is 1. The minimum atomic E-state index is -0.281. The second-order valence-electron chi connectivity index (χ2n) is 1.91. The van der Waals surface area contributed by atoms with Crippen molar-refractivity contribution in [3.8, 4) is 0 Å². The Morgan fingerprint density at radius 3 is 2.82 bits per heavy atom. The molecule has 0 atom stereocenters. The van der Waals surface area contributed by atoms with Gasteiger partial charge in [0.2, 0.25) is 0 Å². The molecule has 0 amide bonds. The molecule has 4 heteroatoms. The van der Waals surface area contributed by atoms with Gasteiger partial charge in [0, 0.05) is 7.05 Å². The average molecular weight is 171 g/mol. The average Bonchev–Trinajstić information content (AvgIpc) is 2.50. The van der Waals surface area contributed by atoms with Crippen LogP contribution in [-0.4, -0.2) is 20.1 Å². The zero-order valence-corrected chi connectivity index (χ0v) is 7.20. The van der Waals surface area contributed by atoms with Gasteiger partial charge in [0.05, 0.1) is 12.1 Å². The van der Waals surface area contributed by atoms with E-state index >= 15 is 0 Å². The highest BCUT2D eigenvalue weighted by atomic mass is 32.1. The van der Waals surface area contributed by atoms with Gasteiger partial charge in [-0.05, 0) is 12.1 Å². The van der Waals surface area contributed by atoms with Crippen molar-refractivity contribution in [1.29, 1.82) is 0 Å². The number of esters is 1. The second-order valence-corrected chi connectivity index (χ2v) is 2.99. The van der Waals surface area contributed by atoms with E-state index in [1.807, 2.05) is 13.1 Å².